The van der Waals surface area contributed by atoms with Crippen LogP contribution in [0.25, 0.3) is 11.3 Å². The van der Waals surface area contributed by atoms with Crippen molar-refractivity contribution in [3.63, 3.8) is 0 Å². The Hall–Kier alpha value is -3.05. The van der Waals surface area contributed by atoms with Crippen molar-refractivity contribution in [3.8, 4) is 11.3 Å². The first kappa shape index (κ1) is 17.4. The lowest BCUT2D eigenvalue weighted by Gasteiger charge is -2.07. The van der Waals surface area contributed by atoms with Crippen LogP contribution in [-0.4, -0.2) is 21.6 Å². The maximum absolute atomic E-state index is 12.4. The highest BCUT2D eigenvalue weighted by Gasteiger charge is 2.18. The molecule has 5 nitrogen and oxygen atoms in total. The largest absolute Gasteiger partial charge is 0.324 e. The number of fused-ring (bicyclic) bond motifs is 1. The summed E-state index contributed by atoms with van der Waals surface area (Å²) in [5.41, 5.74) is 5.65. The van der Waals surface area contributed by atoms with Crippen LogP contribution in [0.4, 0.5) is 11.4 Å². The van der Waals surface area contributed by atoms with E-state index in [-0.39, 0.29) is 12.3 Å². The van der Waals surface area contributed by atoms with Crippen LogP contribution in [0, 0.1) is 13.8 Å². The molecule has 27 heavy (non-hydrogen) atoms. The van der Waals surface area contributed by atoms with Crippen molar-refractivity contribution >= 4 is 34.6 Å². The molecule has 0 bridgehead atoms. The molecule has 4 rings (SSSR count). The zero-order valence-electron chi connectivity index (χ0n) is 15.0. The van der Waals surface area contributed by atoms with Crippen molar-refractivity contribution in [3.05, 3.63) is 70.6 Å². The van der Waals surface area contributed by atoms with Crippen molar-refractivity contribution < 1.29 is 4.79 Å². The first-order chi connectivity index (χ1) is 13.0. The molecule has 134 valence electrons. The number of hydrogen-bond donors (Lipinski definition) is 1. The minimum Gasteiger partial charge on any atom is -0.324 e. The highest BCUT2D eigenvalue weighted by Crippen LogP contribution is 2.34. The number of anilines is 1. The van der Waals surface area contributed by atoms with Gasteiger partial charge in [0.2, 0.25) is 5.91 Å². The molecule has 6 heteroatoms. The van der Waals surface area contributed by atoms with Gasteiger partial charge in [0, 0.05) is 16.8 Å². The van der Waals surface area contributed by atoms with Crippen molar-refractivity contribution in [2.24, 2.45) is 4.99 Å². The van der Waals surface area contributed by atoms with Gasteiger partial charge in [0.05, 0.1) is 29.2 Å². The number of benzene rings is 2. The number of carbonyl (C=O) groups excluding carboxylic acids is 1. The van der Waals surface area contributed by atoms with Crippen molar-refractivity contribution in [1.82, 2.24) is 9.97 Å². The number of rotatable bonds is 2. The van der Waals surface area contributed by atoms with Gasteiger partial charge in [0.25, 0.3) is 0 Å². The Morgan fingerprint density at radius 1 is 1.07 bits per heavy atom. The molecule has 2 aromatic carbocycles. The maximum atomic E-state index is 12.4. The third-order valence-electron chi connectivity index (χ3n) is 4.40. The molecule has 0 saturated heterocycles. The number of halogens is 1. The van der Waals surface area contributed by atoms with E-state index in [1.807, 2.05) is 50.2 Å². The number of nitrogens with zero attached hydrogens (tertiary/aromatic N) is 3. The SMILES string of the molecule is Cc1nccc(-c2cccc(C3=Nc4cc(C)c(Cl)cc4NC(=O)C3)c2)n1. The second-order valence-electron chi connectivity index (χ2n) is 6.47. The molecule has 1 aliphatic heterocycles. The molecule has 0 saturated carbocycles. The average molecular weight is 377 g/mol. The second kappa shape index (κ2) is 6.93. The monoisotopic (exact) mass is 376 g/mol. The summed E-state index contributed by atoms with van der Waals surface area (Å²) in [5.74, 6) is 0.598. The lowest BCUT2D eigenvalue weighted by Crippen LogP contribution is -2.15. The summed E-state index contributed by atoms with van der Waals surface area (Å²) >= 11 is 6.19. The molecule has 3 aromatic rings. The van der Waals surface area contributed by atoms with Crippen LogP contribution in [0.2, 0.25) is 5.02 Å². The number of aliphatic imine (C=N–C) groups is 1. The second-order valence-corrected chi connectivity index (χ2v) is 6.88. The molecule has 1 aromatic heterocycles. The van der Waals surface area contributed by atoms with E-state index in [1.165, 1.54) is 0 Å². The van der Waals surface area contributed by atoms with E-state index < -0.39 is 0 Å². The summed E-state index contributed by atoms with van der Waals surface area (Å²) in [6.07, 6.45) is 1.93. The summed E-state index contributed by atoms with van der Waals surface area (Å²) in [5, 5.41) is 3.49. The van der Waals surface area contributed by atoms with Gasteiger partial charge in [-0.1, -0.05) is 29.8 Å². The van der Waals surface area contributed by atoms with E-state index in [9.17, 15) is 4.79 Å². The fraction of sp³-hybridized carbons (Fsp3) is 0.143. The minimum atomic E-state index is -0.115. The number of nitrogens with one attached hydrogen (secondary N) is 1. The summed E-state index contributed by atoms with van der Waals surface area (Å²) in [4.78, 5) is 25.7. The van der Waals surface area contributed by atoms with E-state index in [1.54, 1.807) is 12.3 Å². The summed E-state index contributed by atoms with van der Waals surface area (Å²) in [6, 6.07) is 13.4. The van der Waals surface area contributed by atoms with E-state index in [0.717, 1.165) is 22.4 Å². The van der Waals surface area contributed by atoms with Gasteiger partial charge in [-0.15, -0.1) is 0 Å². The zero-order chi connectivity index (χ0) is 19.0. The Bertz CT molecular complexity index is 1090. The van der Waals surface area contributed by atoms with E-state index in [0.29, 0.717) is 27.9 Å². The van der Waals surface area contributed by atoms with Crippen LogP contribution < -0.4 is 5.32 Å². The van der Waals surface area contributed by atoms with E-state index >= 15 is 0 Å². The Morgan fingerprint density at radius 3 is 2.70 bits per heavy atom. The normalized spacial score (nSPS) is 13.4. The topological polar surface area (TPSA) is 67.2 Å². The lowest BCUT2D eigenvalue weighted by atomic mass is 10.0. The third kappa shape index (κ3) is 3.59. The van der Waals surface area contributed by atoms with Crippen LogP contribution in [0.15, 0.2) is 53.7 Å². The van der Waals surface area contributed by atoms with Crippen molar-refractivity contribution in [1.29, 1.82) is 0 Å². The average Bonchev–Trinajstić information content (AvgIpc) is 2.80. The third-order valence-corrected chi connectivity index (χ3v) is 4.81. The van der Waals surface area contributed by atoms with Gasteiger partial charge in [-0.2, -0.15) is 0 Å². The quantitative estimate of drug-likeness (QED) is 0.693. The Kier molecular flexibility index (Phi) is 4.46. The highest BCUT2D eigenvalue weighted by molar-refractivity contribution is 6.32. The van der Waals surface area contributed by atoms with Crippen LogP contribution in [-0.2, 0) is 4.79 Å². The van der Waals surface area contributed by atoms with Crippen LogP contribution in [0.5, 0.6) is 0 Å². The zero-order valence-corrected chi connectivity index (χ0v) is 15.7. The first-order valence-corrected chi connectivity index (χ1v) is 8.95. The molecule has 0 radical (unpaired) electrons. The van der Waals surface area contributed by atoms with Gasteiger partial charge >= 0.3 is 0 Å². The molecule has 1 amide bonds. The van der Waals surface area contributed by atoms with Crippen LogP contribution >= 0.6 is 11.6 Å². The van der Waals surface area contributed by atoms with Gasteiger partial charge in [0.15, 0.2) is 0 Å². The molecule has 0 atom stereocenters. The predicted octanol–water partition coefficient (Wildman–Crippen LogP) is 4.88. The molecule has 0 aliphatic carbocycles. The minimum absolute atomic E-state index is 0.115. The fourth-order valence-electron chi connectivity index (χ4n) is 3.03. The molecule has 0 fully saturated rings. The molecule has 2 heterocycles. The van der Waals surface area contributed by atoms with E-state index in [4.69, 9.17) is 16.6 Å². The van der Waals surface area contributed by atoms with Crippen LogP contribution in [0.3, 0.4) is 0 Å². The summed E-state index contributed by atoms with van der Waals surface area (Å²) in [7, 11) is 0. The molecule has 0 spiro atoms. The van der Waals surface area contributed by atoms with Gasteiger partial charge < -0.3 is 5.32 Å². The molecule has 1 aliphatic rings. The highest BCUT2D eigenvalue weighted by atomic mass is 35.5. The first-order valence-electron chi connectivity index (χ1n) is 8.57. The van der Waals surface area contributed by atoms with Crippen LogP contribution in [0.1, 0.15) is 23.4 Å². The molecule has 0 unspecified atom stereocenters. The fourth-order valence-corrected chi connectivity index (χ4v) is 3.20. The van der Waals surface area contributed by atoms with Crippen molar-refractivity contribution in [2.45, 2.75) is 20.3 Å². The standard InChI is InChI=1S/C21H17ClN4O/c1-12-8-19-20(10-16(12)22)26-21(27)11-18(25-19)15-5-3-4-14(9-15)17-6-7-23-13(2)24-17/h3-10H,11H2,1-2H3,(H,26,27). The number of aromatic nitrogens is 2. The predicted molar refractivity (Wildman–Crippen MR) is 108 cm³/mol. The molecule has 1 N–H and O–H groups in total. The van der Waals surface area contributed by atoms with Gasteiger partial charge in [-0.25, -0.2) is 9.97 Å². The Balaban J connectivity index is 1.80. The molecular formula is C21H17ClN4O. The van der Waals surface area contributed by atoms with Gasteiger partial charge in [-0.3, -0.25) is 9.79 Å². The maximum Gasteiger partial charge on any atom is 0.230 e. The number of hydrogen-bond acceptors (Lipinski definition) is 4. The molecular weight excluding hydrogens is 360 g/mol. The summed E-state index contributed by atoms with van der Waals surface area (Å²) < 4.78 is 0. The summed E-state index contributed by atoms with van der Waals surface area (Å²) in [6.45, 7) is 3.78. The Morgan fingerprint density at radius 2 is 1.89 bits per heavy atom. The van der Waals surface area contributed by atoms with Crippen molar-refractivity contribution in [2.75, 3.05) is 5.32 Å². The van der Waals surface area contributed by atoms with E-state index in [2.05, 4.69) is 15.3 Å². The van der Waals surface area contributed by atoms with Gasteiger partial charge in [0.1, 0.15) is 5.82 Å². The number of aryl methyl sites for hydroxylation is 2. The number of carbonyl (C=O) groups is 1. The Labute approximate surface area is 162 Å². The smallest absolute Gasteiger partial charge is 0.230 e. The lowest BCUT2D eigenvalue weighted by molar-refractivity contribution is -0.115. The van der Waals surface area contributed by atoms with Gasteiger partial charge in [-0.05, 0) is 49.2 Å². The number of amides is 1.